The zero-order valence-electron chi connectivity index (χ0n) is 9.35. The van der Waals surface area contributed by atoms with Gasteiger partial charge in [-0.1, -0.05) is 13.8 Å². The quantitative estimate of drug-likeness (QED) is 0.765. The maximum atomic E-state index is 10.5. The lowest BCUT2D eigenvalue weighted by Crippen LogP contribution is -2.36. The highest BCUT2D eigenvalue weighted by Crippen LogP contribution is 2.41. The van der Waals surface area contributed by atoms with Crippen LogP contribution in [0.5, 0.6) is 0 Å². The maximum Gasteiger partial charge on any atom is 0.108 e. The lowest BCUT2D eigenvalue weighted by Gasteiger charge is -2.38. The molecule has 1 aliphatic rings. The van der Waals surface area contributed by atoms with E-state index in [1.54, 1.807) is 18.6 Å². The molecule has 1 saturated carbocycles. The molecule has 1 aromatic rings. The minimum absolute atomic E-state index is 0.547. The fraction of sp³-hybridized carbons (Fsp3) is 0.667. The van der Waals surface area contributed by atoms with Gasteiger partial charge in [-0.05, 0) is 31.1 Å². The maximum absolute atomic E-state index is 10.5. The van der Waals surface area contributed by atoms with Gasteiger partial charge in [0, 0.05) is 12.4 Å². The first kappa shape index (κ1) is 10.6. The van der Waals surface area contributed by atoms with Crippen molar-refractivity contribution in [2.75, 3.05) is 0 Å². The number of aliphatic hydroxyl groups is 1. The van der Waals surface area contributed by atoms with E-state index in [9.17, 15) is 5.11 Å². The second-order valence-corrected chi connectivity index (χ2v) is 4.82. The van der Waals surface area contributed by atoms with Crippen LogP contribution in [0.3, 0.4) is 0 Å². The molecule has 3 nitrogen and oxygen atoms in total. The minimum Gasteiger partial charge on any atom is -0.383 e. The van der Waals surface area contributed by atoms with Gasteiger partial charge in [-0.3, -0.25) is 9.97 Å². The van der Waals surface area contributed by atoms with Crippen molar-refractivity contribution in [3.8, 4) is 0 Å². The Morgan fingerprint density at radius 2 is 2.13 bits per heavy atom. The minimum atomic E-state index is -0.750. The zero-order valence-corrected chi connectivity index (χ0v) is 9.35. The summed E-state index contributed by atoms with van der Waals surface area (Å²) >= 11 is 0. The van der Waals surface area contributed by atoms with Crippen LogP contribution in [0.4, 0.5) is 0 Å². The van der Waals surface area contributed by atoms with Crippen molar-refractivity contribution in [2.24, 2.45) is 11.8 Å². The summed E-state index contributed by atoms with van der Waals surface area (Å²) in [6.45, 7) is 4.45. The first-order valence-electron chi connectivity index (χ1n) is 5.61. The van der Waals surface area contributed by atoms with Gasteiger partial charge in [0.25, 0.3) is 0 Å². The van der Waals surface area contributed by atoms with E-state index in [0.717, 1.165) is 25.0 Å². The van der Waals surface area contributed by atoms with E-state index in [4.69, 9.17) is 0 Å². The normalized spacial score (nSPS) is 36.5. The fourth-order valence-corrected chi connectivity index (χ4v) is 2.36. The van der Waals surface area contributed by atoms with Crippen molar-refractivity contribution in [1.82, 2.24) is 9.97 Å². The van der Waals surface area contributed by atoms with Crippen molar-refractivity contribution in [2.45, 2.75) is 38.7 Å². The number of hydrogen-bond donors (Lipinski definition) is 1. The van der Waals surface area contributed by atoms with E-state index in [2.05, 4.69) is 23.8 Å². The number of hydrogen-bond acceptors (Lipinski definition) is 3. The number of aromatic nitrogens is 2. The molecule has 0 radical (unpaired) electrons. The Balaban J connectivity index is 2.21. The SMILES string of the molecule is CC1CCC(O)(c2cnccn2)CC1C. The summed E-state index contributed by atoms with van der Waals surface area (Å²) in [5.41, 5.74) is -0.0241. The Kier molecular flexibility index (Phi) is 2.74. The second kappa shape index (κ2) is 3.89. The smallest absolute Gasteiger partial charge is 0.108 e. The lowest BCUT2D eigenvalue weighted by atomic mass is 9.72. The molecule has 2 rings (SSSR count). The Hall–Kier alpha value is -0.960. The van der Waals surface area contributed by atoms with Crippen LogP contribution in [0.15, 0.2) is 18.6 Å². The summed E-state index contributed by atoms with van der Waals surface area (Å²) in [5, 5.41) is 10.5. The first-order chi connectivity index (χ1) is 7.12. The summed E-state index contributed by atoms with van der Waals surface area (Å²) in [6, 6.07) is 0. The molecule has 1 N–H and O–H groups in total. The van der Waals surface area contributed by atoms with Crippen LogP contribution in [-0.4, -0.2) is 15.1 Å². The van der Waals surface area contributed by atoms with E-state index in [1.165, 1.54) is 0 Å². The van der Waals surface area contributed by atoms with Gasteiger partial charge in [-0.15, -0.1) is 0 Å². The summed E-state index contributed by atoms with van der Waals surface area (Å²) in [4.78, 5) is 8.25. The third-order valence-corrected chi connectivity index (χ3v) is 3.68. The molecule has 1 aliphatic carbocycles. The summed E-state index contributed by atoms with van der Waals surface area (Å²) < 4.78 is 0. The van der Waals surface area contributed by atoms with Gasteiger partial charge in [0.15, 0.2) is 0 Å². The van der Waals surface area contributed by atoms with E-state index in [1.807, 2.05) is 0 Å². The van der Waals surface area contributed by atoms with Crippen LogP contribution in [0.25, 0.3) is 0 Å². The highest BCUT2D eigenvalue weighted by Gasteiger charge is 2.38. The summed E-state index contributed by atoms with van der Waals surface area (Å²) in [7, 11) is 0. The predicted molar refractivity (Wildman–Crippen MR) is 58.1 cm³/mol. The molecule has 0 amide bonds. The van der Waals surface area contributed by atoms with Gasteiger partial charge in [0.05, 0.1) is 11.9 Å². The molecule has 1 fully saturated rings. The molecule has 3 unspecified atom stereocenters. The van der Waals surface area contributed by atoms with Crippen molar-refractivity contribution < 1.29 is 5.11 Å². The van der Waals surface area contributed by atoms with Gasteiger partial charge < -0.3 is 5.11 Å². The van der Waals surface area contributed by atoms with Crippen molar-refractivity contribution in [1.29, 1.82) is 0 Å². The monoisotopic (exact) mass is 206 g/mol. The molecule has 0 saturated heterocycles. The van der Waals surface area contributed by atoms with Crippen LogP contribution in [0.2, 0.25) is 0 Å². The van der Waals surface area contributed by atoms with E-state index < -0.39 is 5.60 Å². The Morgan fingerprint density at radius 1 is 1.33 bits per heavy atom. The van der Waals surface area contributed by atoms with Gasteiger partial charge in [0.2, 0.25) is 0 Å². The average Bonchev–Trinajstić information content (AvgIpc) is 2.26. The van der Waals surface area contributed by atoms with E-state index >= 15 is 0 Å². The molecular weight excluding hydrogens is 188 g/mol. The Morgan fingerprint density at radius 3 is 2.73 bits per heavy atom. The van der Waals surface area contributed by atoms with Crippen LogP contribution in [-0.2, 0) is 5.60 Å². The third kappa shape index (κ3) is 2.02. The molecule has 0 aliphatic heterocycles. The molecule has 15 heavy (non-hydrogen) atoms. The van der Waals surface area contributed by atoms with Crippen LogP contribution >= 0.6 is 0 Å². The van der Waals surface area contributed by atoms with Gasteiger partial charge in [0.1, 0.15) is 5.60 Å². The highest BCUT2D eigenvalue weighted by atomic mass is 16.3. The fourth-order valence-electron chi connectivity index (χ4n) is 2.36. The average molecular weight is 206 g/mol. The first-order valence-corrected chi connectivity index (χ1v) is 5.61. The molecule has 0 spiro atoms. The molecule has 82 valence electrons. The molecule has 0 aromatic carbocycles. The molecule has 3 atom stereocenters. The Bertz CT molecular complexity index is 328. The molecular formula is C12H18N2O. The largest absolute Gasteiger partial charge is 0.383 e. The van der Waals surface area contributed by atoms with Crippen molar-refractivity contribution in [3.05, 3.63) is 24.3 Å². The topological polar surface area (TPSA) is 46.0 Å². The predicted octanol–water partition coefficient (Wildman–Crippen LogP) is 2.12. The van der Waals surface area contributed by atoms with Crippen LogP contribution in [0, 0.1) is 11.8 Å². The van der Waals surface area contributed by atoms with E-state index in [0.29, 0.717) is 11.8 Å². The molecule has 3 heteroatoms. The standard InChI is InChI=1S/C12H18N2O/c1-9-3-4-12(15,7-10(9)2)11-8-13-5-6-14-11/h5-6,8-10,15H,3-4,7H2,1-2H3. The number of nitrogens with zero attached hydrogens (tertiary/aromatic N) is 2. The summed E-state index contributed by atoms with van der Waals surface area (Å²) in [6.07, 6.45) is 7.64. The van der Waals surface area contributed by atoms with Gasteiger partial charge >= 0.3 is 0 Å². The van der Waals surface area contributed by atoms with Crippen LogP contribution in [0.1, 0.15) is 38.8 Å². The van der Waals surface area contributed by atoms with E-state index in [-0.39, 0.29) is 0 Å². The third-order valence-electron chi connectivity index (χ3n) is 3.68. The molecule has 1 aromatic heterocycles. The highest BCUT2D eigenvalue weighted by molar-refractivity contribution is 5.09. The van der Waals surface area contributed by atoms with Gasteiger partial charge in [-0.2, -0.15) is 0 Å². The zero-order chi connectivity index (χ0) is 10.9. The van der Waals surface area contributed by atoms with Gasteiger partial charge in [-0.25, -0.2) is 0 Å². The number of rotatable bonds is 1. The second-order valence-electron chi connectivity index (χ2n) is 4.82. The van der Waals surface area contributed by atoms with Crippen LogP contribution < -0.4 is 0 Å². The molecule has 0 bridgehead atoms. The van der Waals surface area contributed by atoms with Crippen molar-refractivity contribution >= 4 is 0 Å². The molecule has 1 heterocycles. The Labute approximate surface area is 90.6 Å². The lowest BCUT2D eigenvalue weighted by molar-refractivity contribution is -0.0373. The van der Waals surface area contributed by atoms with Crippen molar-refractivity contribution in [3.63, 3.8) is 0 Å². The summed E-state index contributed by atoms with van der Waals surface area (Å²) in [5.74, 6) is 1.24.